The average molecular weight is 212 g/mol. The summed E-state index contributed by atoms with van der Waals surface area (Å²) in [7, 11) is 0. The van der Waals surface area contributed by atoms with Gasteiger partial charge in [-0.15, -0.1) is 0 Å². The zero-order valence-electron chi connectivity index (χ0n) is 7.91. The SMILES string of the molecule is CC1(NC(=O)c2cnsn2)CCNC1. The van der Waals surface area contributed by atoms with Crippen LogP contribution in [0.2, 0.25) is 0 Å². The van der Waals surface area contributed by atoms with E-state index in [1.54, 1.807) is 0 Å². The van der Waals surface area contributed by atoms with Crippen molar-refractivity contribution in [3.63, 3.8) is 0 Å². The summed E-state index contributed by atoms with van der Waals surface area (Å²) >= 11 is 1.05. The van der Waals surface area contributed by atoms with Gasteiger partial charge in [0.1, 0.15) is 0 Å². The van der Waals surface area contributed by atoms with Crippen LogP contribution in [0.3, 0.4) is 0 Å². The number of nitrogens with zero attached hydrogens (tertiary/aromatic N) is 2. The van der Waals surface area contributed by atoms with E-state index in [0.717, 1.165) is 31.2 Å². The maximum atomic E-state index is 11.6. The van der Waals surface area contributed by atoms with Crippen LogP contribution in [0.15, 0.2) is 6.20 Å². The minimum absolute atomic E-state index is 0.134. The van der Waals surface area contributed by atoms with E-state index in [-0.39, 0.29) is 11.4 Å². The Balaban J connectivity index is 2.01. The number of nitrogens with one attached hydrogen (secondary N) is 2. The van der Waals surface area contributed by atoms with Crippen molar-refractivity contribution in [3.05, 3.63) is 11.9 Å². The van der Waals surface area contributed by atoms with Gasteiger partial charge in [0.25, 0.3) is 5.91 Å². The summed E-state index contributed by atoms with van der Waals surface area (Å²) in [6.45, 7) is 3.80. The molecule has 2 rings (SSSR count). The summed E-state index contributed by atoms with van der Waals surface area (Å²) in [5, 5.41) is 6.18. The van der Waals surface area contributed by atoms with Crippen molar-refractivity contribution >= 4 is 17.6 Å². The lowest BCUT2D eigenvalue weighted by Crippen LogP contribution is -2.47. The van der Waals surface area contributed by atoms with Gasteiger partial charge in [-0.05, 0) is 19.9 Å². The summed E-state index contributed by atoms with van der Waals surface area (Å²) in [6.07, 6.45) is 2.45. The first-order valence-electron chi connectivity index (χ1n) is 4.50. The lowest BCUT2D eigenvalue weighted by molar-refractivity contribution is 0.0909. The molecule has 0 aromatic carbocycles. The number of amides is 1. The molecule has 1 aliphatic rings. The minimum atomic E-state index is -0.138. The average Bonchev–Trinajstić information content (AvgIpc) is 2.74. The predicted octanol–water partition coefficient (Wildman–Crippen LogP) is 0.0199. The van der Waals surface area contributed by atoms with Crippen LogP contribution >= 0.6 is 11.7 Å². The number of aromatic nitrogens is 2. The van der Waals surface area contributed by atoms with Crippen LogP contribution in [0.4, 0.5) is 0 Å². The first kappa shape index (κ1) is 9.54. The molecule has 2 heterocycles. The van der Waals surface area contributed by atoms with Crippen molar-refractivity contribution in [2.75, 3.05) is 13.1 Å². The van der Waals surface area contributed by atoms with E-state index in [1.165, 1.54) is 6.20 Å². The van der Waals surface area contributed by atoms with Crippen LogP contribution in [0.25, 0.3) is 0 Å². The highest BCUT2D eigenvalue weighted by Gasteiger charge is 2.30. The van der Waals surface area contributed by atoms with Gasteiger partial charge in [-0.1, -0.05) is 0 Å². The topological polar surface area (TPSA) is 66.9 Å². The van der Waals surface area contributed by atoms with Crippen molar-refractivity contribution in [2.24, 2.45) is 0 Å². The molecule has 0 saturated carbocycles. The third kappa shape index (κ3) is 1.91. The van der Waals surface area contributed by atoms with Gasteiger partial charge < -0.3 is 10.6 Å². The van der Waals surface area contributed by atoms with E-state index in [4.69, 9.17) is 0 Å². The lowest BCUT2D eigenvalue weighted by Gasteiger charge is -2.23. The molecule has 6 heteroatoms. The quantitative estimate of drug-likeness (QED) is 0.725. The Bertz CT molecular complexity index is 318. The Hall–Kier alpha value is -1.01. The zero-order valence-corrected chi connectivity index (χ0v) is 8.73. The molecule has 1 aliphatic heterocycles. The number of carbonyl (C=O) groups excluding carboxylic acids is 1. The Morgan fingerprint density at radius 1 is 1.79 bits per heavy atom. The number of carbonyl (C=O) groups is 1. The molecule has 1 fully saturated rings. The predicted molar refractivity (Wildman–Crippen MR) is 53.3 cm³/mol. The smallest absolute Gasteiger partial charge is 0.273 e. The molecule has 0 radical (unpaired) electrons. The van der Waals surface area contributed by atoms with Crippen LogP contribution in [0, 0.1) is 0 Å². The molecule has 2 N–H and O–H groups in total. The number of hydrogen-bond donors (Lipinski definition) is 2. The van der Waals surface area contributed by atoms with Crippen molar-refractivity contribution < 1.29 is 4.79 Å². The van der Waals surface area contributed by atoms with Gasteiger partial charge in [-0.25, -0.2) is 0 Å². The van der Waals surface area contributed by atoms with Crippen LogP contribution in [0.5, 0.6) is 0 Å². The third-order valence-corrected chi connectivity index (χ3v) is 2.86. The molecular formula is C8H12N4OS. The van der Waals surface area contributed by atoms with Crippen molar-refractivity contribution in [2.45, 2.75) is 18.9 Å². The molecule has 0 bridgehead atoms. The van der Waals surface area contributed by atoms with Gasteiger partial charge in [0, 0.05) is 6.54 Å². The van der Waals surface area contributed by atoms with Crippen LogP contribution in [0.1, 0.15) is 23.8 Å². The van der Waals surface area contributed by atoms with E-state index in [2.05, 4.69) is 19.4 Å². The van der Waals surface area contributed by atoms with Gasteiger partial charge in [-0.3, -0.25) is 4.79 Å². The molecule has 1 unspecified atom stereocenters. The monoisotopic (exact) mass is 212 g/mol. The Kier molecular flexibility index (Phi) is 2.47. The van der Waals surface area contributed by atoms with E-state index in [9.17, 15) is 4.79 Å². The Morgan fingerprint density at radius 2 is 2.64 bits per heavy atom. The summed E-state index contributed by atoms with van der Waals surface area (Å²) in [5.41, 5.74) is 0.267. The van der Waals surface area contributed by atoms with Crippen molar-refractivity contribution in [1.29, 1.82) is 0 Å². The lowest BCUT2D eigenvalue weighted by atomic mass is 10.0. The minimum Gasteiger partial charge on any atom is -0.344 e. The molecule has 1 saturated heterocycles. The molecule has 1 amide bonds. The van der Waals surface area contributed by atoms with Crippen LogP contribution in [-0.2, 0) is 0 Å². The van der Waals surface area contributed by atoms with Crippen molar-refractivity contribution in [3.8, 4) is 0 Å². The highest BCUT2D eigenvalue weighted by atomic mass is 32.1. The fourth-order valence-electron chi connectivity index (χ4n) is 1.53. The molecule has 0 aliphatic carbocycles. The van der Waals surface area contributed by atoms with Crippen LogP contribution < -0.4 is 10.6 Å². The number of rotatable bonds is 2. The Labute approximate surface area is 86.2 Å². The fraction of sp³-hybridized carbons (Fsp3) is 0.625. The summed E-state index contributed by atoms with van der Waals surface area (Å²) in [5.74, 6) is -0.134. The maximum Gasteiger partial charge on any atom is 0.273 e. The zero-order chi connectivity index (χ0) is 10.0. The highest BCUT2D eigenvalue weighted by Crippen LogP contribution is 2.13. The molecule has 1 aromatic rings. The summed E-state index contributed by atoms with van der Waals surface area (Å²) in [6, 6.07) is 0. The van der Waals surface area contributed by atoms with E-state index < -0.39 is 0 Å². The van der Waals surface area contributed by atoms with Gasteiger partial charge in [0.05, 0.1) is 23.5 Å². The second-order valence-electron chi connectivity index (χ2n) is 3.73. The summed E-state index contributed by atoms with van der Waals surface area (Å²) in [4.78, 5) is 11.6. The first-order chi connectivity index (χ1) is 6.70. The van der Waals surface area contributed by atoms with Gasteiger partial charge >= 0.3 is 0 Å². The Morgan fingerprint density at radius 3 is 3.21 bits per heavy atom. The van der Waals surface area contributed by atoms with Crippen molar-refractivity contribution in [1.82, 2.24) is 19.4 Å². The first-order valence-corrected chi connectivity index (χ1v) is 5.23. The van der Waals surface area contributed by atoms with E-state index in [1.807, 2.05) is 6.92 Å². The molecule has 0 spiro atoms. The standard InChI is InChI=1S/C8H12N4OS/c1-8(2-3-9-5-8)11-7(13)6-4-10-14-12-6/h4,9H,2-3,5H2,1H3,(H,11,13). The van der Waals surface area contributed by atoms with E-state index >= 15 is 0 Å². The molecule has 14 heavy (non-hydrogen) atoms. The molecule has 5 nitrogen and oxygen atoms in total. The second kappa shape index (κ2) is 3.62. The van der Waals surface area contributed by atoms with E-state index in [0.29, 0.717) is 5.69 Å². The molecule has 76 valence electrons. The molecule has 1 atom stereocenters. The second-order valence-corrected chi connectivity index (χ2v) is 4.29. The fourth-order valence-corrected chi connectivity index (χ4v) is 1.94. The van der Waals surface area contributed by atoms with Gasteiger partial charge in [0.15, 0.2) is 5.69 Å². The van der Waals surface area contributed by atoms with Crippen LogP contribution in [-0.4, -0.2) is 33.3 Å². The normalized spacial score (nSPS) is 26.4. The highest BCUT2D eigenvalue weighted by molar-refractivity contribution is 6.99. The summed E-state index contributed by atoms with van der Waals surface area (Å²) < 4.78 is 7.68. The third-order valence-electron chi connectivity index (χ3n) is 2.38. The number of hydrogen-bond acceptors (Lipinski definition) is 5. The molecule has 1 aromatic heterocycles. The largest absolute Gasteiger partial charge is 0.344 e. The maximum absolute atomic E-state index is 11.6. The molecular weight excluding hydrogens is 200 g/mol. The van der Waals surface area contributed by atoms with Gasteiger partial charge in [-0.2, -0.15) is 8.75 Å². The van der Waals surface area contributed by atoms with Gasteiger partial charge in [0.2, 0.25) is 0 Å².